The molecule has 0 radical (unpaired) electrons. The molecule has 1 fully saturated rings. The van der Waals surface area contributed by atoms with Gasteiger partial charge < -0.3 is 15.6 Å². The molecule has 7 nitrogen and oxygen atoms in total. The van der Waals surface area contributed by atoms with Gasteiger partial charge in [-0.2, -0.15) is 0 Å². The number of aliphatic hydroxyl groups excluding tert-OH is 1. The number of esters is 1. The summed E-state index contributed by atoms with van der Waals surface area (Å²) < 4.78 is 31.2. The van der Waals surface area contributed by atoms with E-state index >= 15 is 0 Å². The molecule has 0 atom stereocenters. The summed E-state index contributed by atoms with van der Waals surface area (Å²) >= 11 is 0. The fourth-order valence-corrected chi connectivity index (χ4v) is 3.38. The van der Waals surface area contributed by atoms with Gasteiger partial charge in [-0.25, -0.2) is 17.9 Å². The number of nitrogen functional groups attached to an aromatic ring is 1. The number of hydrogen-bond donors (Lipinski definition) is 3. The lowest BCUT2D eigenvalue weighted by Gasteiger charge is -2.31. The van der Waals surface area contributed by atoms with E-state index < -0.39 is 22.1 Å². The largest absolute Gasteiger partial charge is 0.465 e. The smallest absolute Gasteiger partial charge is 0.337 e. The highest BCUT2D eigenvalue weighted by molar-refractivity contribution is 7.89. The molecular formula is C12H16N2O5S. The minimum Gasteiger partial charge on any atom is -0.465 e. The molecule has 2 rings (SSSR count). The van der Waals surface area contributed by atoms with Crippen LogP contribution in [-0.4, -0.2) is 38.7 Å². The van der Waals surface area contributed by atoms with Crippen LogP contribution in [0.3, 0.4) is 0 Å². The minimum absolute atomic E-state index is 0.0275. The van der Waals surface area contributed by atoms with Gasteiger partial charge in [-0.1, -0.05) is 0 Å². The van der Waals surface area contributed by atoms with E-state index in [1.807, 2.05) is 0 Å². The Morgan fingerprint density at radius 3 is 2.60 bits per heavy atom. The van der Waals surface area contributed by atoms with E-state index in [1.165, 1.54) is 25.3 Å². The first-order chi connectivity index (χ1) is 9.33. The second kappa shape index (κ2) is 5.39. The van der Waals surface area contributed by atoms with Gasteiger partial charge in [-0.15, -0.1) is 0 Å². The van der Waals surface area contributed by atoms with Crippen molar-refractivity contribution >= 4 is 21.7 Å². The number of nitrogens with one attached hydrogen (secondary N) is 1. The number of carbonyl (C=O) groups is 1. The molecule has 1 aliphatic rings. The average Bonchev–Trinajstić information content (AvgIpc) is 2.35. The van der Waals surface area contributed by atoms with Gasteiger partial charge in [0.1, 0.15) is 4.90 Å². The number of benzene rings is 1. The zero-order chi connectivity index (χ0) is 14.9. The van der Waals surface area contributed by atoms with Crippen molar-refractivity contribution in [2.45, 2.75) is 29.9 Å². The SMILES string of the molecule is COC(=O)c1ccc(S(=O)(=O)NC2CC(O)C2)c(N)c1. The first kappa shape index (κ1) is 14.8. The van der Waals surface area contributed by atoms with Crippen molar-refractivity contribution in [2.24, 2.45) is 0 Å². The van der Waals surface area contributed by atoms with Crippen LogP contribution in [0, 0.1) is 0 Å². The molecule has 0 aliphatic heterocycles. The standard InChI is InChI=1S/C12H16N2O5S/c1-19-12(16)7-2-3-11(10(13)4-7)20(17,18)14-8-5-9(15)6-8/h2-4,8-9,14-15H,5-6,13H2,1H3. The highest BCUT2D eigenvalue weighted by Gasteiger charge is 2.32. The van der Waals surface area contributed by atoms with Crippen LogP contribution in [0.4, 0.5) is 5.69 Å². The van der Waals surface area contributed by atoms with Crippen molar-refractivity contribution in [3.63, 3.8) is 0 Å². The molecule has 0 unspecified atom stereocenters. The van der Waals surface area contributed by atoms with E-state index in [1.54, 1.807) is 0 Å². The highest BCUT2D eigenvalue weighted by Crippen LogP contribution is 2.25. The summed E-state index contributed by atoms with van der Waals surface area (Å²) in [5.41, 5.74) is 5.84. The molecular weight excluding hydrogens is 284 g/mol. The lowest BCUT2D eigenvalue weighted by atomic mass is 9.91. The summed E-state index contributed by atoms with van der Waals surface area (Å²) in [5.74, 6) is -0.587. The van der Waals surface area contributed by atoms with Crippen LogP contribution in [-0.2, 0) is 14.8 Å². The Labute approximate surface area is 116 Å². The van der Waals surface area contributed by atoms with Crippen LogP contribution in [0.2, 0.25) is 0 Å². The normalized spacial score (nSPS) is 22.1. The Morgan fingerprint density at radius 1 is 1.45 bits per heavy atom. The highest BCUT2D eigenvalue weighted by atomic mass is 32.2. The molecule has 4 N–H and O–H groups in total. The number of hydrogen-bond acceptors (Lipinski definition) is 6. The molecule has 0 heterocycles. The number of nitrogens with two attached hydrogens (primary N) is 1. The van der Waals surface area contributed by atoms with Crippen molar-refractivity contribution in [3.8, 4) is 0 Å². The molecule has 1 aromatic carbocycles. The molecule has 1 aliphatic carbocycles. The Balaban J connectivity index is 2.21. The number of methoxy groups -OCH3 is 1. The fourth-order valence-electron chi connectivity index (χ4n) is 2.00. The summed E-state index contributed by atoms with van der Waals surface area (Å²) in [6, 6.07) is 3.58. The molecule has 1 aromatic rings. The first-order valence-electron chi connectivity index (χ1n) is 6.01. The van der Waals surface area contributed by atoms with E-state index in [0.29, 0.717) is 12.8 Å². The Morgan fingerprint density at radius 2 is 2.10 bits per heavy atom. The first-order valence-corrected chi connectivity index (χ1v) is 7.50. The topological polar surface area (TPSA) is 119 Å². The molecule has 1 saturated carbocycles. The minimum atomic E-state index is -3.76. The van der Waals surface area contributed by atoms with Crippen LogP contribution in [0.5, 0.6) is 0 Å². The molecule has 8 heteroatoms. The predicted molar refractivity (Wildman–Crippen MR) is 71.5 cm³/mol. The number of rotatable bonds is 4. The number of aliphatic hydroxyl groups is 1. The predicted octanol–water partition coefficient (Wildman–Crippen LogP) is -0.143. The molecule has 20 heavy (non-hydrogen) atoms. The third-order valence-electron chi connectivity index (χ3n) is 3.16. The van der Waals surface area contributed by atoms with Gasteiger partial charge in [0.25, 0.3) is 0 Å². The lowest BCUT2D eigenvalue weighted by molar-refractivity contribution is 0.0600. The van der Waals surface area contributed by atoms with E-state index in [9.17, 15) is 13.2 Å². The molecule has 0 bridgehead atoms. The average molecular weight is 300 g/mol. The van der Waals surface area contributed by atoms with Gasteiger partial charge >= 0.3 is 5.97 Å². The van der Waals surface area contributed by atoms with Crippen LogP contribution in [0.25, 0.3) is 0 Å². The summed E-state index contributed by atoms with van der Waals surface area (Å²) in [7, 11) is -2.53. The summed E-state index contributed by atoms with van der Waals surface area (Å²) in [4.78, 5) is 11.2. The third-order valence-corrected chi connectivity index (χ3v) is 4.75. The quantitative estimate of drug-likeness (QED) is 0.526. The van der Waals surface area contributed by atoms with Crippen molar-refractivity contribution in [1.29, 1.82) is 0 Å². The van der Waals surface area contributed by atoms with Crippen molar-refractivity contribution in [1.82, 2.24) is 4.72 Å². The van der Waals surface area contributed by atoms with Gasteiger partial charge in [0, 0.05) is 6.04 Å². The maximum Gasteiger partial charge on any atom is 0.337 e. The van der Waals surface area contributed by atoms with Crippen molar-refractivity contribution in [3.05, 3.63) is 23.8 Å². The number of carbonyl (C=O) groups excluding carboxylic acids is 1. The van der Waals surface area contributed by atoms with Gasteiger partial charge in [0.2, 0.25) is 10.0 Å². The van der Waals surface area contributed by atoms with Gasteiger partial charge in [-0.3, -0.25) is 0 Å². The second-order valence-corrected chi connectivity index (χ2v) is 6.37. The molecule has 0 amide bonds. The maximum absolute atomic E-state index is 12.1. The Hall–Kier alpha value is -1.64. The second-order valence-electron chi connectivity index (χ2n) is 4.69. The maximum atomic E-state index is 12.1. The van der Waals surface area contributed by atoms with E-state index in [0.717, 1.165) is 0 Å². The zero-order valence-corrected chi connectivity index (χ0v) is 11.7. The van der Waals surface area contributed by atoms with E-state index in [-0.39, 0.29) is 22.2 Å². The van der Waals surface area contributed by atoms with Crippen LogP contribution < -0.4 is 10.5 Å². The molecule has 0 spiro atoms. The summed E-state index contributed by atoms with van der Waals surface area (Å²) in [6.07, 6.45) is 0.320. The van der Waals surface area contributed by atoms with Gasteiger partial charge in [0.05, 0.1) is 24.5 Å². The van der Waals surface area contributed by atoms with Crippen LogP contribution in [0.1, 0.15) is 23.2 Å². The Bertz CT molecular complexity index is 623. The number of sulfonamides is 1. The number of anilines is 1. The van der Waals surface area contributed by atoms with E-state index in [4.69, 9.17) is 10.8 Å². The lowest BCUT2D eigenvalue weighted by Crippen LogP contribution is -2.46. The zero-order valence-electron chi connectivity index (χ0n) is 10.9. The molecule has 110 valence electrons. The van der Waals surface area contributed by atoms with Gasteiger partial charge in [0.15, 0.2) is 0 Å². The molecule has 0 saturated heterocycles. The van der Waals surface area contributed by atoms with Crippen LogP contribution >= 0.6 is 0 Å². The van der Waals surface area contributed by atoms with E-state index in [2.05, 4.69) is 9.46 Å². The van der Waals surface area contributed by atoms with Crippen molar-refractivity contribution < 1.29 is 23.1 Å². The third kappa shape index (κ3) is 2.92. The summed E-state index contributed by atoms with van der Waals surface area (Å²) in [5, 5.41) is 9.15. The number of ether oxygens (including phenoxy) is 1. The van der Waals surface area contributed by atoms with Crippen molar-refractivity contribution in [2.75, 3.05) is 12.8 Å². The fraction of sp³-hybridized carbons (Fsp3) is 0.417. The van der Waals surface area contributed by atoms with Gasteiger partial charge in [-0.05, 0) is 31.0 Å². The summed E-state index contributed by atoms with van der Waals surface area (Å²) in [6.45, 7) is 0. The Kier molecular flexibility index (Phi) is 3.98. The monoisotopic (exact) mass is 300 g/mol. The molecule has 0 aromatic heterocycles. The van der Waals surface area contributed by atoms with Crippen LogP contribution in [0.15, 0.2) is 23.1 Å².